The van der Waals surface area contributed by atoms with Gasteiger partial charge in [-0.05, 0) is 77.4 Å². The SMILES string of the molecule is C.C.CC(C)C.CC(C)C.CC(C)C(C)(C)C(C)C.CC(C)N(C)C(C)C.CC(C)P(C)(=O)C(C)C.CC(C)[Si](C)(C)C(C)C.Cc1ccccc1. The van der Waals surface area contributed by atoms with Gasteiger partial charge in [-0.15, -0.1) is 0 Å². The molecule has 0 amide bonds. The highest BCUT2D eigenvalue weighted by Gasteiger charge is 2.28. The van der Waals surface area contributed by atoms with Crippen LogP contribution in [0.2, 0.25) is 24.2 Å². The van der Waals surface area contributed by atoms with E-state index >= 15 is 0 Å². The van der Waals surface area contributed by atoms with Gasteiger partial charge in [-0.3, -0.25) is 0 Å². The maximum atomic E-state index is 11.6. The molecule has 0 N–H and O–H groups in total. The van der Waals surface area contributed by atoms with Gasteiger partial charge in [0, 0.05) is 23.4 Å². The van der Waals surface area contributed by atoms with Gasteiger partial charge in [0.1, 0.15) is 0 Å². The Labute approximate surface area is 337 Å². The maximum absolute atomic E-state index is 11.6. The van der Waals surface area contributed by atoms with Crippen LogP contribution >= 0.6 is 7.14 Å². The molecule has 0 aliphatic rings. The standard InChI is InChI=1S/C9H20.C8H20Si.C7H17N.C7H17OP.C7H8.2C4H10.2CH4/c2*1-7(2)9(5,6)8(3)4;1-6(2)8(5)7(3)4;1-6(2)9(5,8)7(3)4;1-7-5-3-2-4-6-7;2*1-4(2)3;;/h2*7-8H,1-6H3;6-7H,1-5H3;6-7H,1-5H3;2-6H,1H3;2*4H,1-3H3;2*1H4. The van der Waals surface area contributed by atoms with Crippen molar-refractivity contribution in [2.45, 2.75) is 236 Å². The average Bonchev–Trinajstić information content (AvgIpc) is 2.93. The Kier molecular flexibility index (Phi) is 48.5. The van der Waals surface area contributed by atoms with Gasteiger partial charge in [-0.25, -0.2) is 0 Å². The van der Waals surface area contributed by atoms with Crippen LogP contribution in [0.4, 0.5) is 0 Å². The summed E-state index contributed by atoms with van der Waals surface area (Å²) in [6.07, 6.45) is 0. The molecule has 1 aromatic rings. The van der Waals surface area contributed by atoms with Crippen molar-refractivity contribution in [3.63, 3.8) is 0 Å². The minimum Gasteiger partial charge on any atom is -0.323 e. The minimum atomic E-state index is -1.84. The van der Waals surface area contributed by atoms with E-state index in [1.165, 1.54) is 5.56 Å². The Morgan fingerprint density at radius 2 is 0.788 bits per heavy atom. The lowest BCUT2D eigenvalue weighted by molar-refractivity contribution is 0.165. The summed E-state index contributed by atoms with van der Waals surface area (Å²) < 4.78 is 11.6. The van der Waals surface area contributed by atoms with Crippen LogP contribution in [0.15, 0.2) is 30.3 Å². The van der Waals surface area contributed by atoms with Gasteiger partial charge in [-0.2, -0.15) is 0 Å². The molecule has 0 radical (unpaired) electrons. The molecule has 2 nitrogen and oxygen atoms in total. The molecule has 0 spiro atoms. The Hall–Kier alpha value is -0.373. The van der Waals surface area contributed by atoms with Crippen LogP contribution in [-0.2, 0) is 4.57 Å². The molecule has 0 bridgehead atoms. The molecule has 52 heavy (non-hydrogen) atoms. The van der Waals surface area contributed by atoms with Gasteiger partial charge in [0.2, 0.25) is 0 Å². The van der Waals surface area contributed by atoms with Gasteiger partial charge in [-0.1, -0.05) is 213 Å². The summed E-state index contributed by atoms with van der Waals surface area (Å²) in [5, 5.41) is 0. The van der Waals surface area contributed by atoms with E-state index in [0.29, 0.717) is 28.8 Å². The largest absolute Gasteiger partial charge is 0.323 e. The van der Waals surface area contributed by atoms with Crippen molar-refractivity contribution < 1.29 is 4.57 Å². The predicted molar refractivity (Wildman–Crippen MR) is 259 cm³/mol. The van der Waals surface area contributed by atoms with Crippen molar-refractivity contribution in [3.05, 3.63) is 35.9 Å². The van der Waals surface area contributed by atoms with Crippen LogP contribution in [0.3, 0.4) is 0 Å². The Morgan fingerprint density at radius 1 is 0.558 bits per heavy atom. The molecule has 0 heterocycles. The van der Waals surface area contributed by atoms with Crippen LogP contribution < -0.4 is 0 Å². The van der Waals surface area contributed by atoms with Gasteiger partial charge in [0.25, 0.3) is 0 Å². The van der Waals surface area contributed by atoms with Crippen molar-refractivity contribution in [2.24, 2.45) is 29.1 Å². The third-order valence-corrected chi connectivity index (χ3v) is 20.6. The Balaban J connectivity index is -0.0000000732. The lowest BCUT2D eigenvalue weighted by Crippen LogP contribution is -2.32. The lowest BCUT2D eigenvalue weighted by atomic mass is 9.72. The van der Waals surface area contributed by atoms with Crippen molar-refractivity contribution >= 4 is 15.2 Å². The summed E-state index contributed by atoms with van der Waals surface area (Å²) in [7, 11) is -0.546. The molecule has 1 rings (SSSR count). The van der Waals surface area contributed by atoms with Gasteiger partial charge in [0.15, 0.2) is 0 Å². The summed E-state index contributed by atoms with van der Waals surface area (Å²) in [6, 6.07) is 11.6. The molecule has 0 fully saturated rings. The van der Waals surface area contributed by atoms with Crippen LogP contribution in [0.5, 0.6) is 0 Å². The maximum Gasteiger partial charge on any atom is 0.0895 e. The number of rotatable bonds is 8. The lowest BCUT2D eigenvalue weighted by Gasteiger charge is -2.33. The number of nitrogens with zero attached hydrogens (tertiary/aromatic N) is 1. The molecule has 0 aliphatic heterocycles. The minimum absolute atomic E-state index is 0. The van der Waals surface area contributed by atoms with Gasteiger partial charge < -0.3 is 9.46 Å². The summed E-state index contributed by atoms with van der Waals surface area (Å²) in [4.78, 5) is 2.33. The summed E-state index contributed by atoms with van der Waals surface area (Å²) in [5.74, 6) is 3.25. The topological polar surface area (TPSA) is 20.3 Å². The van der Waals surface area contributed by atoms with Crippen molar-refractivity contribution in [2.75, 3.05) is 13.7 Å². The highest BCUT2D eigenvalue weighted by atomic mass is 31.2. The molecular formula is C48H110NOPSi. The second-order valence-corrected chi connectivity index (χ2v) is 29.6. The molecule has 0 atom stereocenters. The first kappa shape index (κ1) is 69.5. The highest BCUT2D eigenvalue weighted by molar-refractivity contribution is 7.64. The summed E-state index contributed by atoms with van der Waals surface area (Å²) in [6.45, 7) is 62.1. The first-order chi connectivity index (χ1) is 22.1. The van der Waals surface area contributed by atoms with E-state index in [1.54, 1.807) is 0 Å². The van der Waals surface area contributed by atoms with Crippen molar-refractivity contribution in [3.8, 4) is 0 Å². The van der Waals surface area contributed by atoms with E-state index in [-0.39, 0.29) is 14.9 Å². The second-order valence-electron chi connectivity index (χ2n) is 19.5. The molecule has 0 saturated heterocycles. The van der Waals surface area contributed by atoms with E-state index in [4.69, 9.17) is 0 Å². The van der Waals surface area contributed by atoms with Crippen molar-refractivity contribution in [1.29, 1.82) is 0 Å². The summed E-state index contributed by atoms with van der Waals surface area (Å²) >= 11 is 0. The van der Waals surface area contributed by atoms with Crippen LogP contribution in [-0.4, -0.2) is 50.1 Å². The Morgan fingerprint density at radius 3 is 0.827 bits per heavy atom. The van der Waals surface area contributed by atoms with Crippen molar-refractivity contribution in [1.82, 2.24) is 4.90 Å². The number of hydrogen-bond donors (Lipinski definition) is 0. The summed E-state index contributed by atoms with van der Waals surface area (Å²) in [5.41, 5.74) is 4.37. The average molecular weight is 776 g/mol. The van der Waals surface area contributed by atoms with E-state index in [9.17, 15) is 4.57 Å². The fraction of sp³-hybridized carbons (Fsp3) is 0.875. The molecule has 0 aromatic heterocycles. The zero-order valence-corrected chi connectivity index (χ0v) is 42.4. The monoisotopic (exact) mass is 776 g/mol. The zero-order chi connectivity index (χ0) is 42.0. The number of hydrogen-bond acceptors (Lipinski definition) is 2. The molecule has 0 saturated carbocycles. The second kappa shape index (κ2) is 36.3. The molecule has 0 unspecified atom stereocenters. The van der Waals surface area contributed by atoms with E-state index in [0.717, 1.165) is 34.8 Å². The van der Waals surface area contributed by atoms with Crippen LogP contribution in [0.1, 0.15) is 187 Å². The molecule has 0 aliphatic carbocycles. The Bertz CT molecular complexity index is 805. The molecular weight excluding hydrogens is 666 g/mol. The number of benzene rings is 1. The van der Waals surface area contributed by atoms with Crippen LogP contribution in [0, 0.1) is 36.0 Å². The predicted octanol–water partition coefficient (Wildman–Crippen LogP) is 18.0. The first-order valence-electron chi connectivity index (χ1n) is 20.4. The van der Waals surface area contributed by atoms with Gasteiger partial charge in [0.05, 0.1) is 15.2 Å². The first-order valence-corrected chi connectivity index (χ1v) is 25.8. The third kappa shape index (κ3) is 44.0. The quantitative estimate of drug-likeness (QED) is 0.194. The highest BCUT2D eigenvalue weighted by Crippen LogP contribution is 2.50. The van der Waals surface area contributed by atoms with E-state index in [2.05, 4.69) is 183 Å². The third-order valence-electron chi connectivity index (χ3n) is 10.6. The van der Waals surface area contributed by atoms with E-state index in [1.807, 2.05) is 52.6 Å². The molecule has 4 heteroatoms. The molecule has 322 valence electrons. The fourth-order valence-corrected chi connectivity index (χ4v) is 5.59. The fourth-order valence-electron chi connectivity index (χ4n) is 3.06. The molecule has 1 aromatic carbocycles. The number of aryl methyl sites for hydroxylation is 1. The normalized spacial score (nSPS) is 11.3. The van der Waals surface area contributed by atoms with E-state index < -0.39 is 15.2 Å². The smallest absolute Gasteiger partial charge is 0.0895 e. The van der Waals surface area contributed by atoms with Crippen LogP contribution in [0.25, 0.3) is 0 Å². The zero-order valence-electron chi connectivity index (χ0n) is 40.5. The van der Waals surface area contributed by atoms with Gasteiger partial charge >= 0.3 is 0 Å².